The minimum atomic E-state index is 0. The minimum Gasteiger partial charge on any atom is -0.381 e. The number of piperidine rings is 1. The van der Waals surface area contributed by atoms with E-state index in [0.717, 1.165) is 25.0 Å². The molecule has 0 spiro atoms. The van der Waals surface area contributed by atoms with Crippen LogP contribution in [0.4, 0.5) is 0 Å². The number of rotatable bonds is 4. The van der Waals surface area contributed by atoms with E-state index in [9.17, 15) is 0 Å². The Labute approximate surface area is 86.8 Å². The Kier molecular flexibility index (Phi) is 5.07. The maximum atomic E-state index is 5.66. The van der Waals surface area contributed by atoms with Crippen molar-refractivity contribution in [1.29, 1.82) is 0 Å². The van der Waals surface area contributed by atoms with Crippen molar-refractivity contribution in [2.24, 2.45) is 11.8 Å². The second-order valence-electron chi connectivity index (χ2n) is 4.19. The molecule has 0 aromatic heterocycles. The molecule has 2 fully saturated rings. The van der Waals surface area contributed by atoms with E-state index in [4.69, 9.17) is 4.74 Å². The zero-order chi connectivity index (χ0) is 8.23. The molecule has 2 aliphatic rings. The number of halogens is 1. The van der Waals surface area contributed by atoms with Crippen LogP contribution in [0, 0.1) is 11.8 Å². The molecule has 0 amide bonds. The molecule has 0 bridgehead atoms. The van der Waals surface area contributed by atoms with E-state index >= 15 is 0 Å². The highest BCUT2D eigenvalue weighted by Crippen LogP contribution is 2.29. The zero-order valence-electron chi connectivity index (χ0n) is 8.13. The van der Waals surface area contributed by atoms with E-state index in [2.05, 4.69) is 5.32 Å². The van der Waals surface area contributed by atoms with Gasteiger partial charge in [-0.05, 0) is 44.1 Å². The van der Waals surface area contributed by atoms with E-state index in [1.807, 2.05) is 0 Å². The van der Waals surface area contributed by atoms with Crippen LogP contribution in [-0.2, 0) is 4.74 Å². The first kappa shape index (κ1) is 11.3. The van der Waals surface area contributed by atoms with Gasteiger partial charge in [-0.25, -0.2) is 0 Å². The van der Waals surface area contributed by atoms with Crippen LogP contribution < -0.4 is 5.32 Å². The third kappa shape index (κ3) is 4.30. The zero-order valence-corrected chi connectivity index (χ0v) is 8.94. The van der Waals surface area contributed by atoms with Crippen LogP contribution in [0.3, 0.4) is 0 Å². The molecular weight excluding hydrogens is 186 g/mol. The van der Waals surface area contributed by atoms with Gasteiger partial charge in [0.25, 0.3) is 0 Å². The van der Waals surface area contributed by atoms with Gasteiger partial charge in [-0.15, -0.1) is 12.4 Å². The van der Waals surface area contributed by atoms with E-state index < -0.39 is 0 Å². The molecule has 1 atom stereocenters. The first-order valence-corrected chi connectivity index (χ1v) is 5.23. The standard InChI is InChI=1S/C10H19NO.ClH/c1-2-10(6-11-5-1)8-12-7-9-3-4-9;/h9-11H,1-8H2;1H. The smallest absolute Gasteiger partial charge is 0.0506 e. The Bertz CT molecular complexity index is 133. The molecule has 0 radical (unpaired) electrons. The molecule has 3 heteroatoms. The van der Waals surface area contributed by atoms with Crippen molar-refractivity contribution in [3.05, 3.63) is 0 Å². The Morgan fingerprint density at radius 1 is 1.08 bits per heavy atom. The summed E-state index contributed by atoms with van der Waals surface area (Å²) >= 11 is 0. The van der Waals surface area contributed by atoms with Crippen molar-refractivity contribution in [3.63, 3.8) is 0 Å². The summed E-state index contributed by atoms with van der Waals surface area (Å²) in [5.74, 6) is 1.71. The Morgan fingerprint density at radius 3 is 2.46 bits per heavy atom. The Morgan fingerprint density at radius 2 is 1.85 bits per heavy atom. The van der Waals surface area contributed by atoms with E-state index in [1.165, 1.54) is 38.8 Å². The molecule has 2 nitrogen and oxygen atoms in total. The first-order valence-electron chi connectivity index (χ1n) is 5.23. The Balaban J connectivity index is 0.000000845. The lowest BCUT2D eigenvalue weighted by molar-refractivity contribution is 0.0825. The summed E-state index contributed by atoms with van der Waals surface area (Å²) in [5.41, 5.74) is 0. The topological polar surface area (TPSA) is 21.3 Å². The normalized spacial score (nSPS) is 28.2. The average molecular weight is 206 g/mol. The molecule has 1 aliphatic heterocycles. The number of ether oxygens (including phenoxy) is 1. The SMILES string of the molecule is C1CNCC(COCC2CC2)C1.Cl. The van der Waals surface area contributed by atoms with Crippen LogP contribution in [0.5, 0.6) is 0 Å². The lowest BCUT2D eigenvalue weighted by Crippen LogP contribution is -2.32. The van der Waals surface area contributed by atoms with Gasteiger partial charge in [0, 0.05) is 13.2 Å². The number of hydrogen-bond acceptors (Lipinski definition) is 2. The van der Waals surface area contributed by atoms with Gasteiger partial charge >= 0.3 is 0 Å². The molecule has 1 heterocycles. The predicted molar refractivity (Wildman–Crippen MR) is 56.4 cm³/mol. The van der Waals surface area contributed by atoms with Crippen molar-refractivity contribution >= 4 is 12.4 Å². The van der Waals surface area contributed by atoms with Gasteiger partial charge in [0.05, 0.1) is 6.61 Å². The van der Waals surface area contributed by atoms with Crippen LogP contribution in [-0.4, -0.2) is 26.3 Å². The van der Waals surface area contributed by atoms with Crippen molar-refractivity contribution in [2.75, 3.05) is 26.3 Å². The highest BCUT2D eigenvalue weighted by atomic mass is 35.5. The third-order valence-corrected chi connectivity index (χ3v) is 2.80. The van der Waals surface area contributed by atoms with E-state index in [-0.39, 0.29) is 12.4 Å². The first-order chi connectivity index (χ1) is 5.95. The Hall–Kier alpha value is 0.210. The van der Waals surface area contributed by atoms with Crippen LogP contribution in [0.1, 0.15) is 25.7 Å². The van der Waals surface area contributed by atoms with Crippen molar-refractivity contribution in [2.45, 2.75) is 25.7 Å². The lowest BCUT2D eigenvalue weighted by Gasteiger charge is -2.22. The van der Waals surface area contributed by atoms with Crippen LogP contribution >= 0.6 is 12.4 Å². The summed E-state index contributed by atoms with van der Waals surface area (Å²) in [4.78, 5) is 0. The summed E-state index contributed by atoms with van der Waals surface area (Å²) in [6, 6.07) is 0. The molecular formula is C10H20ClNO. The quantitative estimate of drug-likeness (QED) is 0.757. The predicted octanol–water partition coefficient (Wildman–Crippen LogP) is 1.83. The summed E-state index contributed by atoms with van der Waals surface area (Å²) in [6.07, 6.45) is 5.50. The highest BCUT2D eigenvalue weighted by Gasteiger charge is 2.22. The molecule has 0 aromatic carbocycles. The fraction of sp³-hybridized carbons (Fsp3) is 1.00. The molecule has 1 unspecified atom stereocenters. The molecule has 1 saturated heterocycles. The van der Waals surface area contributed by atoms with Gasteiger partial charge in [-0.3, -0.25) is 0 Å². The second-order valence-corrected chi connectivity index (χ2v) is 4.19. The molecule has 1 aliphatic carbocycles. The van der Waals surface area contributed by atoms with Crippen LogP contribution in [0.2, 0.25) is 0 Å². The fourth-order valence-corrected chi connectivity index (χ4v) is 1.75. The second kappa shape index (κ2) is 5.84. The van der Waals surface area contributed by atoms with Gasteiger partial charge in [0.15, 0.2) is 0 Å². The number of nitrogens with one attached hydrogen (secondary N) is 1. The van der Waals surface area contributed by atoms with Crippen LogP contribution in [0.25, 0.3) is 0 Å². The average Bonchev–Trinajstić information content (AvgIpc) is 2.90. The van der Waals surface area contributed by atoms with Gasteiger partial charge in [-0.2, -0.15) is 0 Å². The monoisotopic (exact) mass is 205 g/mol. The minimum absolute atomic E-state index is 0. The molecule has 2 rings (SSSR count). The molecule has 1 N–H and O–H groups in total. The van der Waals surface area contributed by atoms with Crippen molar-refractivity contribution in [3.8, 4) is 0 Å². The molecule has 78 valence electrons. The lowest BCUT2D eigenvalue weighted by atomic mass is 10.0. The van der Waals surface area contributed by atoms with E-state index in [1.54, 1.807) is 0 Å². The van der Waals surface area contributed by atoms with Crippen molar-refractivity contribution in [1.82, 2.24) is 5.32 Å². The number of hydrogen-bond donors (Lipinski definition) is 1. The van der Waals surface area contributed by atoms with Gasteiger partial charge < -0.3 is 10.1 Å². The van der Waals surface area contributed by atoms with Gasteiger partial charge in [0.2, 0.25) is 0 Å². The van der Waals surface area contributed by atoms with E-state index in [0.29, 0.717) is 0 Å². The summed E-state index contributed by atoms with van der Waals surface area (Å²) in [7, 11) is 0. The largest absolute Gasteiger partial charge is 0.381 e. The van der Waals surface area contributed by atoms with Crippen LogP contribution in [0.15, 0.2) is 0 Å². The third-order valence-electron chi connectivity index (χ3n) is 2.80. The summed E-state index contributed by atoms with van der Waals surface area (Å²) < 4.78 is 5.66. The fourth-order valence-electron chi connectivity index (χ4n) is 1.75. The highest BCUT2D eigenvalue weighted by molar-refractivity contribution is 5.85. The summed E-state index contributed by atoms with van der Waals surface area (Å²) in [6.45, 7) is 4.39. The maximum absolute atomic E-state index is 5.66. The summed E-state index contributed by atoms with van der Waals surface area (Å²) in [5, 5.41) is 3.41. The van der Waals surface area contributed by atoms with Gasteiger partial charge in [0.1, 0.15) is 0 Å². The maximum Gasteiger partial charge on any atom is 0.0506 e. The van der Waals surface area contributed by atoms with Crippen molar-refractivity contribution < 1.29 is 4.74 Å². The molecule has 13 heavy (non-hydrogen) atoms. The van der Waals surface area contributed by atoms with Gasteiger partial charge in [-0.1, -0.05) is 0 Å². The molecule has 1 saturated carbocycles. The molecule has 0 aromatic rings.